The van der Waals surface area contributed by atoms with E-state index in [-0.39, 0.29) is 23.4 Å². The van der Waals surface area contributed by atoms with Gasteiger partial charge < -0.3 is 14.8 Å². The van der Waals surface area contributed by atoms with E-state index in [1.165, 1.54) is 23.9 Å². The molecule has 2 amide bonds. The van der Waals surface area contributed by atoms with Crippen molar-refractivity contribution in [1.29, 1.82) is 0 Å². The highest BCUT2D eigenvalue weighted by atomic mass is 32.2. The van der Waals surface area contributed by atoms with Crippen LogP contribution in [0.3, 0.4) is 0 Å². The van der Waals surface area contributed by atoms with Crippen LogP contribution in [0.15, 0.2) is 29.4 Å². The smallest absolute Gasteiger partial charge is 0.230 e. The highest BCUT2D eigenvalue weighted by Crippen LogP contribution is 2.22. The number of benzene rings is 1. The Balaban J connectivity index is 1.42. The Morgan fingerprint density at radius 2 is 2.07 bits per heavy atom. The molecule has 0 radical (unpaired) electrons. The van der Waals surface area contributed by atoms with E-state index >= 15 is 0 Å². The number of nitrogens with zero attached hydrogens (tertiary/aromatic N) is 4. The fourth-order valence-electron chi connectivity index (χ4n) is 2.91. The molecule has 1 aromatic heterocycles. The van der Waals surface area contributed by atoms with Crippen LogP contribution in [0, 0.1) is 5.82 Å². The van der Waals surface area contributed by atoms with Gasteiger partial charge in [0.25, 0.3) is 0 Å². The van der Waals surface area contributed by atoms with Gasteiger partial charge in [0.15, 0.2) is 11.0 Å². The molecule has 144 valence electrons. The Hall–Kier alpha value is -2.42. The second-order valence-electron chi connectivity index (χ2n) is 6.35. The van der Waals surface area contributed by atoms with E-state index in [0.717, 1.165) is 24.9 Å². The zero-order chi connectivity index (χ0) is 19.2. The number of hydrogen-bond donors (Lipinski definition) is 1. The molecule has 0 unspecified atom stereocenters. The van der Waals surface area contributed by atoms with Crippen LogP contribution in [0.25, 0.3) is 11.4 Å². The summed E-state index contributed by atoms with van der Waals surface area (Å²) in [6.45, 7) is 2.06. The maximum atomic E-state index is 13.0. The van der Waals surface area contributed by atoms with Gasteiger partial charge >= 0.3 is 0 Å². The lowest BCUT2D eigenvalue weighted by Gasteiger charge is -2.15. The van der Waals surface area contributed by atoms with Crippen LogP contribution in [-0.2, 0) is 16.6 Å². The minimum absolute atomic E-state index is 0.0842. The summed E-state index contributed by atoms with van der Waals surface area (Å²) in [5.74, 6) is 0.669. The van der Waals surface area contributed by atoms with E-state index in [9.17, 15) is 14.0 Å². The van der Waals surface area contributed by atoms with Gasteiger partial charge in [-0.2, -0.15) is 0 Å². The van der Waals surface area contributed by atoms with Gasteiger partial charge in [-0.1, -0.05) is 11.8 Å². The maximum absolute atomic E-state index is 13.0. The Morgan fingerprint density at radius 1 is 1.30 bits per heavy atom. The SMILES string of the molecule is Cn1c(SCC(=O)NCCCN2CCCC2=O)nnc1-c1ccc(F)cc1. The Kier molecular flexibility index (Phi) is 6.44. The predicted octanol–water partition coefficient (Wildman–Crippen LogP) is 1.84. The molecule has 9 heteroatoms. The highest BCUT2D eigenvalue weighted by molar-refractivity contribution is 7.99. The molecular weight excluding hydrogens is 369 g/mol. The molecule has 1 N–H and O–H groups in total. The Morgan fingerprint density at radius 3 is 2.78 bits per heavy atom. The van der Waals surface area contributed by atoms with Crippen LogP contribution < -0.4 is 5.32 Å². The van der Waals surface area contributed by atoms with E-state index in [1.54, 1.807) is 16.7 Å². The highest BCUT2D eigenvalue weighted by Gasteiger charge is 2.19. The molecule has 0 saturated carbocycles. The summed E-state index contributed by atoms with van der Waals surface area (Å²) in [5, 5.41) is 11.7. The first-order valence-corrected chi connectivity index (χ1v) is 9.86. The van der Waals surface area contributed by atoms with E-state index in [2.05, 4.69) is 15.5 Å². The molecule has 1 aromatic carbocycles. The summed E-state index contributed by atoms with van der Waals surface area (Å²) in [4.78, 5) is 25.4. The summed E-state index contributed by atoms with van der Waals surface area (Å²) in [7, 11) is 1.81. The third-order valence-corrected chi connectivity index (χ3v) is 5.39. The number of carbonyl (C=O) groups is 2. The lowest BCUT2D eigenvalue weighted by molar-refractivity contribution is -0.127. The molecule has 2 aromatic rings. The Labute approximate surface area is 161 Å². The summed E-state index contributed by atoms with van der Waals surface area (Å²) < 4.78 is 14.8. The first-order chi connectivity index (χ1) is 13.0. The van der Waals surface area contributed by atoms with Crippen LogP contribution in [0.2, 0.25) is 0 Å². The number of rotatable bonds is 8. The zero-order valence-corrected chi connectivity index (χ0v) is 16.0. The number of nitrogens with one attached hydrogen (secondary N) is 1. The van der Waals surface area contributed by atoms with E-state index in [0.29, 0.717) is 30.5 Å². The second kappa shape index (κ2) is 8.98. The Bertz CT molecular complexity index is 809. The van der Waals surface area contributed by atoms with Crippen molar-refractivity contribution in [2.24, 2.45) is 7.05 Å². The van der Waals surface area contributed by atoms with Crippen molar-refractivity contribution in [3.8, 4) is 11.4 Å². The number of halogens is 1. The van der Waals surface area contributed by atoms with Gasteiger partial charge in [-0.3, -0.25) is 9.59 Å². The lowest BCUT2D eigenvalue weighted by Crippen LogP contribution is -2.31. The number of aromatic nitrogens is 3. The third-order valence-electron chi connectivity index (χ3n) is 4.37. The van der Waals surface area contributed by atoms with Gasteiger partial charge in [0, 0.05) is 38.7 Å². The summed E-state index contributed by atoms with van der Waals surface area (Å²) in [6.07, 6.45) is 2.32. The normalized spacial score (nSPS) is 14.0. The molecule has 0 spiro atoms. The van der Waals surface area contributed by atoms with Crippen LogP contribution in [0.1, 0.15) is 19.3 Å². The monoisotopic (exact) mass is 391 g/mol. The topological polar surface area (TPSA) is 80.1 Å². The van der Waals surface area contributed by atoms with Crippen molar-refractivity contribution in [2.45, 2.75) is 24.4 Å². The summed E-state index contributed by atoms with van der Waals surface area (Å²) in [5.41, 5.74) is 0.763. The third kappa shape index (κ3) is 5.06. The molecule has 3 rings (SSSR count). The molecule has 0 aliphatic carbocycles. The fourth-order valence-corrected chi connectivity index (χ4v) is 3.65. The lowest BCUT2D eigenvalue weighted by atomic mass is 10.2. The minimum Gasteiger partial charge on any atom is -0.355 e. The first kappa shape index (κ1) is 19.3. The zero-order valence-electron chi connectivity index (χ0n) is 15.2. The molecule has 1 aliphatic rings. The fraction of sp³-hybridized carbons (Fsp3) is 0.444. The van der Waals surface area contributed by atoms with Crippen LogP contribution in [-0.4, -0.2) is 56.9 Å². The molecule has 0 atom stereocenters. The number of hydrogen-bond acceptors (Lipinski definition) is 5. The van der Waals surface area contributed by atoms with Crippen molar-refractivity contribution < 1.29 is 14.0 Å². The molecular formula is C18H22FN5O2S. The maximum Gasteiger partial charge on any atom is 0.230 e. The number of likely N-dealkylation sites (tertiary alicyclic amines) is 1. The molecule has 1 fully saturated rings. The van der Waals surface area contributed by atoms with Gasteiger partial charge in [0.1, 0.15) is 5.82 Å². The van der Waals surface area contributed by atoms with Crippen LogP contribution >= 0.6 is 11.8 Å². The number of amides is 2. The van der Waals surface area contributed by atoms with Gasteiger partial charge in [-0.05, 0) is 37.1 Å². The quantitative estimate of drug-likeness (QED) is 0.549. The molecule has 7 nitrogen and oxygen atoms in total. The largest absolute Gasteiger partial charge is 0.355 e. The van der Waals surface area contributed by atoms with Gasteiger partial charge in [-0.15, -0.1) is 10.2 Å². The number of thioether (sulfide) groups is 1. The molecule has 27 heavy (non-hydrogen) atoms. The van der Waals surface area contributed by atoms with Crippen molar-refractivity contribution in [1.82, 2.24) is 25.0 Å². The van der Waals surface area contributed by atoms with E-state index in [1.807, 2.05) is 11.9 Å². The van der Waals surface area contributed by atoms with Crippen molar-refractivity contribution in [3.63, 3.8) is 0 Å². The molecule has 0 bridgehead atoms. The van der Waals surface area contributed by atoms with Gasteiger partial charge in [-0.25, -0.2) is 4.39 Å². The predicted molar refractivity (Wildman–Crippen MR) is 101 cm³/mol. The average Bonchev–Trinajstić information content (AvgIpc) is 3.23. The van der Waals surface area contributed by atoms with Gasteiger partial charge in [0.2, 0.25) is 11.8 Å². The second-order valence-corrected chi connectivity index (χ2v) is 7.29. The first-order valence-electron chi connectivity index (χ1n) is 8.87. The van der Waals surface area contributed by atoms with E-state index in [4.69, 9.17) is 0 Å². The van der Waals surface area contributed by atoms with Crippen molar-refractivity contribution in [3.05, 3.63) is 30.1 Å². The molecule has 1 aliphatic heterocycles. The van der Waals surface area contributed by atoms with Crippen LogP contribution in [0.5, 0.6) is 0 Å². The minimum atomic E-state index is -0.304. The molecule has 2 heterocycles. The van der Waals surface area contributed by atoms with E-state index < -0.39 is 0 Å². The summed E-state index contributed by atoms with van der Waals surface area (Å²) >= 11 is 1.30. The summed E-state index contributed by atoms with van der Waals surface area (Å²) in [6, 6.07) is 6.04. The van der Waals surface area contributed by atoms with Crippen molar-refractivity contribution in [2.75, 3.05) is 25.4 Å². The van der Waals surface area contributed by atoms with Crippen LogP contribution in [0.4, 0.5) is 4.39 Å². The van der Waals surface area contributed by atoms with Crippen molar-refractivity contribution >= 4 is 23.6 Å². The average molecular weight is 391 g/mol. The molecule has 1 saturated heterocycles. The number of carbonyl (C=O) groups excluding carboxylic acids is 2. The standard InChI is InChI=1S/C18H22FN5O2S/c1-23-17(13-5-7-14(19)8-6-13)21-22-18(23)27-12-15(25)20-9-3-11-24-10-2-4-16(24)26/h5-8H,2-4,9-12H2,1H3,(H,20,25). The van der Waals surface area contributed by atoms with Gasteiger partial charge in [0.05, 0.1) is 5.75 Å².